The van der Waals surface area contributed by atoms with Crippen LogP contribution in [-0.2, 0) is 25.5 Å². The van der Waals surface area contributed by atoms with Gasteiger partial charge in [-0.3, -0.25) is 14.6 Å². The summed E-state index contributed by atoms with van der Waals surface area (Å²) in [5.41, 5.74) is 2.38. The zero-order valence-electron chi connectivity index (χ0n) is 19.7. The normalized spacial score (nSPS) is 13.6. The number of esters is 2. The largest absolute Gasteiger partial charge is 0.469 e. The molecule has 3 unspecified atom stereocenters. The number of carbonyl (C=O) groups is 2. The SMILES string of the molecule is CCCCC(c1ncc(C(OC(C)=O)C(Cc2ccncc2)C(=O)OC)[nH]1)c1ccccc1Cl. The number of hydrogen-bond acceptors (Lipinski definition) is 6. The van der Waals surface area contributed by atoms with Crippen LogP contribution in [0.15, 0.2) is 55.0 Å². The Balaban J connectivity index is 1.99. The third-order valence-corrected chi connectivity index (χ3v) is 6.09. The molecule has 2 aromatic heterocycles. The summed E-state index contributed by atoms with van der Waals surface area (Å²) in [5, 5.41) is 0.670. The highest BCUT2D eigenvalue weighted by atomic mass is 35.5. The molecule has 0 bridgehead atoms. The first kappa shape index (κ1) is 25.4. The third-order valence-electron chi connectivity index (χ3n) is 5.75. The molecule has 34 heavy (non-hydrogen) atoms. The van der Waals surface area contributed by atoms with Crippen molar-refractivity contribution in [1.29, 1.82) is 0 Å². The molecule has 0 saturated carbocycles. The van der Waals surface area contributed by atoms with Gasteiger partial charge in [-0.2, -0.15) is 0 Å². The number of aromatic amines is 1. The van der Waals surface area contributed by atoms with Crippen molar-refractivity contribution in [2.45, 2.75) is 51.6 Å². The van der Waals surface area contributed by atoms with Gasteiger partial charge in [-0.1, -0.05) is 49.6 Å². The van der Waals surface area contributed by atoms with E-state index in [4.69, 9.17) is 21.1 Å². The lowest BCUT2D eigenvalue weighted by Crippen LogP contribution is -2.29. The van der Waals surface area contributed by atoms with Crippen molar-refractivity contribution >= 4 is 23.5 Å². The van der Waals surface area contributed by atoms with Gasteiger partial charge in [-0.05, 0) is 42.2 Å². The van der Waals surface area contributed by atoms with Gasteiger partial charge >= 0.3 is 11.9 Å². The molecule has 3 aromatic rings. The van der Waals surface area contributed by atoms with Crippen LogP contribution in [0.5, 0.6) is 0 Å². The Morgan fingerprint density at radius 3 is 2.53 bits per heavy atom. The first-order valence-electron chi connectivity index (χ1n) is 11.4. The Morgan fingerprint density at radius 2 is 1.88 bits per heavy atom. The van der Waals surface area contributed by atoms with Crippen LogP contribution >= 0.6 is 11.6 Å². The van der Waals surface area contributed by atoms with E-state index in [2.05, 4.69) is 21.9 Å². The van der Waals surface area contributed by atoms with Crippen molar-refractivity contribution in [2.75, 3.05) is 7.11 Å². The summed E-state index contributed by atoms with van der Waals surface area (Å²) in [7, 11) is 1.32. The van der Waals surface area contributed by atoms with Gasteiger partial charge in [0.15, 0.2) is 6.10 Å². The summed E-state index contributed by atoms with van der Waals surface area (Å²) < 4.78 is 10.7. The number of benzene rings is 1. The van der Waals surface area contributed by atoms with Gasteiger partial charge in [0, 0.05) is 30.3 Å². The van der Waals surface area contributed by atoms with E-state index < -0.39 is 24.0 Å². The first-order chi connectivity index (χ1) is 16.4. The van der Waals surface area contributed by atoms with E-state index in [1.165, 1.54) is 14.0 Å². The minimum atomic E-state index is -0.891. The maximum atomic E-state index is 12.8. The molecule has 0 aliphatic carbocycles. The van der Waals surface area contributed by atoms with Crippen molar-refractivity contribution in [3.8, 4) is 0 Å². The number of carbonyl (C=O) groups excluding carboxylic acids is 2. The summed E-state index contributed by atoms with van der Waals surface area (Å²) in [6, 6.07) is 11.3. The first-order valence-corrected chi connectivity index (χ1v) is 11.8. The fourth-order valence-electron chi connectivity index (χ4n) is 4.06. The van der Waals surface area contributed by atoms with Crippen LogP contribution in [0.1, 0.15) is 67.8 Å². The topological polar surface area (TPSA) is 94.2 Å². The molecule has 3 rings (SSSR count). The number of pyridine rings is 1. The quantitative estimate of drug-likeness (QED) is 0.366. The molecule has 0 aliphatic heterocycles. The molecule has 0 fully saturated rings. The van der Waals surface area contributed by atoms with E-state index in [0.29, 0.717) is 23.0 Å². The van der Waals surface area contributed by atoms with Crippen LogP contribution in [0, 0.1) is 5.92 Å². The van der Waals surface area contributed by atoms with E-state index in [1.54, 1.807) is 18.6 Å². The van der Waals surface area contributed by atoms with Gasteiger partial charge in [0.1, 0.15) is 11.7 Å². The van der Waals surface area contributed by atoms with Crippen LogP contribution in [0.4, 0.5) is 0 Å². The molecule has 0 amide bonds. The number of nitrogens with zero attached hydrogens (tertiary/aromatic N) is 2. The van der Waals surface area contributed by atoms with Gasteiger partial charge in [-0.15, -0.1) is 0 Å². The van der Waals surface area contributed by atoms with Crippen LogP contribution in [0.2, 0.25) is 5.02 Å². The maximum absolute atomic E-state index is 12.8. The minimum Gasteiger partial charge on any atom is -0.469 e. The lowest BCUT2D eigenvalue weighted by molar-refractivity contribution is -0.159. The lowest BCUT2D eigenvalue weighted by Gasteiger charge is -2.24. The third kappa shape index (κ3) is 6.44. The van der Waals surface area contributed by atoms with Crippen molar-refractivity contribution < 1.29 is 19.1 Å². The van der Waals surface area contributed by atoms with Crippen LogP contribution < -0.4 is 0 Å². The molecule has 180 valence electrons. The molecule has 0 aliphatic rings. The van der Waals surface area contributed by atoms with Crippen molar-refractivity contribution in [1.82, 2.24) is 15.0 Å². The van der Waals surface area contributed by atoms with Crippen molar-refractivity contribution in [3.63, 3.8) is 0 Å². The van der Waals surface area contributed by atoms with Gasteiger partial charge in [0.05, 0.1) is 19.0 Å². The predicted molar refractivity (Wildman–Crippen MR) is 129 cm³/mol. The van der Waals surface area contributed by atoms with E-state index in [9.17, 15) is 9.59 Å². The average Bonchev–Trinajstić information content (AvgIpc) is 3.32. The smallest absolute Gasteiger partial charge is 0.313 e. The fourth-order valence-corrected chi connectivity index (χ4v) is 4.33. The number of imidazole rings is 1. The molecule has 8 heteroatoms. The monoisotopic (exact) mass is 483 g/mol. The van der Waals surface area contributed by atoms with Gasteiger partial charge in [0.2, 0.25) is 0 Å². The van der Waals surface area contributed by atoms with Gasteiger partial charge in [0.25, 0.3) is 0 Å². The Hall–Kier alpha value is -3.19. The van der Waals surface area contributed by atoms with E-state index >= 15 is 0 Å². The molecular weight excluding hydrogens is 454 g/mol. The zero-order chi connectivity index (χ0) is 24.5. The summed E-state index contributed by atoms with van der Waals surface area (Å²) in [6.07, 6.45) is 7.22. The number of rotatable bonds is 11. The second kappa shape index (κ2) is 12.3. The second-order valence-electron chi connectivity index (χ2n) is 8.16. The number of hydrogen-bond donors (Lipinski definition) is 1. The summed E-state index contributed by atoms with van der Waals surface area (Å²) in [4.78, 5) is 36.8. The van der Waals surface area contributed by atoms with Crippen molar-refractivity contribution in [2.24, 2.45) is 5.92 Å². The number of halogens is 1. The molecule has 0 saturated heterocycles. The number of unbranched alkanes of at least 4 members (excludes halogenated alkanes) is 1. The highest BCUT2D eigenvalue weighted by Gasteiger charge is 2.35. The number of nitrogens with one attached hydrogen (secondary N) is 1. The second-order valence-corrected chi connectivity index (χ2v) is 8.57. The summed E-state index contributed by atoms with van der Waals surface area (Å²) >= 11 is 6.51. The Morgan fingerprint density at radius 1 is 1.15 bits per heavy atom. The molecule has 0 spiro atoms. The minimum absolute atomic E-state index is 0.0582. The Kier molecular flexibility index (Phi) is 9.22. The van der Waals surface area contributed by atoms with E-state index in [1.807, 2.05) is 36.4 Å². The number of methoxy groups -OCH3 is 1. The zero-order valence-corrected chi connectivity index (χ0v) is 20.4. The van der Waals surface area contributed by atoms with Gasteiger partial charge < -0.3 is 14.5 Å². The fraction of sp³-hybridized carbons (Fsp3) is 0.385. The molecule has 1 N–H and O–H groups in total. The van der Waals surface area contributed by atoms with Crippen LogP contribution in [0.3, 0.4) is 0 Å². The molecule has 3 atom stereocenters. The molecule has 2 heterocycles. The summed E-state index contributed by atoms with van der Waals surface area (Å²) in [5.74, 6) is -1.09. The number of ether oxygens (including phenoxy) is 2. The molecular formula is C26H30ClN3O4. The maximum Gasteiger partial charge on any atom is 0.313 e. The Bertz CT molecular complexity index is 1090. The van der Waals surface area contributed by atoms with E-state index in [-0.39, 0.29) is 5.92 Å². The van der Waals surface area contributed by atoms with Crippen LogP contribution in [0.25, 0.3) is 0 Å². The number of aromatic nitrogens is 3. The predicted octanol–water partition coefficient (Wildman–Crippen LogP) is 5.42. The molecule has 1 aromatic carbocycles. The van der Waals surface area contributed by atoms with Crippen LogP contribution in [-0.4, -0.2) is 34.0 Å². The Labute approximate surface area is 204 Å². The number of H-pyrrole nitrogens is 1. The molecule has 0 radical (unpaired) electrons. The average molecular weight is 484 g/mol. The molecule has 7 nitrogen and oxygen atoms in total. The van der Waals surface area contributed by atoms with E-state index in [0.717, 1.165) is 30.4 Å². The van der Waals surface area contributed by atoms with Gasteiger partial charge in [-0.25, -0.2) is 4.98 Å². The highest BCUT2D eigenvalue weighted by Crippen LogP contribution is 2.35. The standard InChI is InChI=1S/C26H30ClN3O4/c1-4-5-8-20(19-9-6-7-10-22(19)27)25-29-16-23(30-25)24(34-17(2)31)21(26(32)33-3)15-18-11-13-28-14-12-18/h6-7,9-14,16,20-21,24H,4-5,8,15H2,1-3H3,(H,29,30). The summed E-state index contributed by atoms with van der Waals surface area (Å²) in [6.45, 7) is 3.45. The highest BCUT2D eigenvalue weighted by molar-refractivity contribution is 6.31. The van der Waals surface area contributed by atoms with Crippen molar-refractivity contribution in [3.05, 3.63) is 82.7 Å². The lowest BCUT2D eigenvalue weighted by atomic mass is 9.92.